The molecule has 120 valence electrons. The van der Waals surface area contributed by atoms with Gasteiger partial charge in [-0.1, -0.05) is 0 Å². The average Bonchev–Trinajstić information content (AvgIpc) is 2.40. The quantitative estimate of drug-likeness (QED) is 0.847. The van der Waals surface area contributed by atoms with Crippen molar-refractivity contribution in [1.29, 1.82) is 0 Å². The Balaban J connectivity index is 1.45. The van der Waals surface area contributed by atoms with E-state index in [0.29, 0.717) is 31.7 Å². The van der Waals surface area contributed by atoms with E-state index in [1.807, 2.05) is 0 Å². The van der Waals surface area contributed by atoms with E-state index in [9.17, 15) is 13.6 Å². The van der Waals surface area contributed by atoms with Crippen molar-refractivity contribution in [3.05, 3.63) is 23.9 Å². The molecule has 0 aliphatic heterocycles. The molecule has 0 saturated heterocycles. The number of alkyl halides is 2. The average molecular weight is 311 g/mol. The molecule has 0 spiro atoms. The van der Waals surface area contributed by atoms with Crippen molar-refractivity contribution in [2.75, 3.05) is 6.61 Å². The number of nitrogens with one attached hydrogen (secondary N) is 2. The normalized spacial score (nSPS) is 29.8. The fourth-order valence-corrected chi connectivity index (χ4v) is 3.10. The van der Waals surface area contributed by atoms with Crippen molar-refractivity contribution in [2.24, 2.45) is 0 Å². The first-order valence-corrected chi connectivity index (χ1v) is 7.35. The smallest absolute Gasteiger partial charge is 0.315 e. The van der Waals surface area contributed by atoms with Crippen molar-refractivity contribution in [3.8, 4) is 5.88 Å². The zero-order chi connectivity index (χ0) is 15.8. The van der Waals surface area contributed by atoms with Crippen LogP contribution in [-0.2, 0) is 6.54 Å². The van der Waals surface area contributed by atoms with E-state index in [4.69, 9.17) is 4.74 Å². The first-order valence-electron chi connectivity index (χ1n) is 7.35. The second-order valence-electron chi connectivity index (χ2n) is 6.36. The second-order valence-corrected chi connectivity index (χ2v) is 6.36. The molecule has 1 aromatic rings. The van der Waals surface area contributed by atoms with Gasteiger partial charge < -0.3 is 15.4 Å². The van der Waals surface area contributed by atoms with Gasteiger partial charge in [-0.25, -0.2) is 18.6 Å². The number of nitrogens with zero attached hydrogens (tertiary/aromatic N) is 1. The standard InChI is InChI=1S/C15H19F2N3O2/c1-10(16)6-22-12-4-11(2-3-18-12)5-19-13(21)20-15-7-14(17,8-15)9-15/h2-4,10H,5-9H2,1H3,(H2,19,20,21). The fraction of sp³-hybridized carbons (Fsp3) is 0.600. The monoisotopic (exact) mass is 311 g/mol. The van der Waals surface area contributed by atoms with Crippen LogP contribution in [-0.4, -0.2) is 35.0 Å². The first kappa shape index (κ1) is 15.0. The molecule has 2 bridgehead atoms. The van der Waals surface area contributed by atoms with Crippen LogP contribution in [0.25, 0.3) is 0 Å². The van der Waals surface area contributed by atoms with Gasteiger partial charge in [0.1, 0.15) is 18.4 Å². The molecule has 3 saturated carbocycles. The van der Waals surface area contributed by atoms with E-state index in [0.717, 1.165) is 5.56 Å². The molecule has 4 rings (SSSR count). The molecular formula is C15H19F2N3O2. The molecule has 1 unspecified atom stereocenters. The third kappa shape index (κ3) is 3.13. The largest absolute Gasteiger partial charge is 0.475 e. The Morgan fingerprint density at radius 1 is 1.50 bits per heavy atom. The van der Waals surface area contributed by atoms with Crippen LogP contribution in [0.3, 0.4) is 0 Å². The molecule has 0 aromatic carbocycles. The molecule has 2 amide bonds. The minimum absolute atomic E-state index is 0.0577. The number of hydrogen-bond acceptors (Lipinski definition) is 3. The Hall–Kier alpha value is -1.92. The van der Waals surface area contributed by atoms with Gasteiger partial charge in [-0.05, 0) is 18.6 Å². The zero-order valence-electron chi connectivity index (χ0n) is 12.4. The lowest BCUT2D eigenvalue weighted by Gasteiger charge is -2.65. The predicted molar refractivity (Wildman–Crippen MR) is 76.1 cm³/mol. The summed E-state index contributed by atoms with van der Waals surface area (Å²) in [4.78, 5) is 15.8. The van der Waals surface area contributed by atoms with Gasteiger partial charge in [-0.3, -0.25) is 0 Å². The lowest BCUT2D eigenvalue weighted by molar-refractivity contribution is -0.162. The summed E-state index contributed by atoms with van der Waals surface area (Å²) in [6, 6.07) is 3.09. The van der Waals surface area contributed by atoms with Crippen LogP contribution < -0.4 is 15.4 Å². The highest BCUT2D eigenvalue weighted by Gasteiger charge is 2.69. The first-order chi connectivity index (χ1) is 10.4. The van der Waals surface area contributed by atoms with Crippen molar-refractivity contribution in [1.82, 2.24) is 15.6 Å². The van der Waals surface area contributed by atoms with Crippen LogP contribution in [0, 0.1) is 0 Å². The van der Waals surface area contributed by atoms with Crippen LogP contribution in [0.4, 0.5) is 13.6 Å². The lowest BCUT2D eigenvalue weighted by atomic mass is 9.47. The number of rotatable bonds is 6. The topological polar surface area (TPSA) is 63.2 Å². The Morgan fingerprint density at radius 2 is 2.23 bits per heavy atom. The van der Waals surface area contributed by atoms with Crippen LogP contribution in [0.5, 0.6) is 5.88 Å². The van der Waals surface area contributed by atoms with Gasteiger partial charge in [-0.15, -0.1) is 0 Å². The van der Waals surface area contributed by atoms with Gasteiger partial charge in [0.25, 0.3) is 0 Å². The summed E-state index contributed by atoms with van der Waals surface area (Å²) in [5, 5.41) is 5.54. The third-order valence-electron chi connectivity index (χ3n) is 4.06. The Kier molecular flexibility index (Phi) is 3.66. The van der Waals surface area contributed by atoms with Crippen molar-refractivity contribution < 1.29 is 18.3 Å². The minimum Gasteiger partial charge on any atom is -0.475 e. The maximum absolute atomic E-state index is 13.4. The lowest BCUT2D eigenvalue weighted by Crippen LogP contribution is -2.77. The number of pyridine rings is 1. The van der Waals surface area contributed by atoms with E-state index in [2.05, 4.69) is 15.6 Å². The number of aromatic nitrogens is 1. The Labute approximate surface area is 127 Å². The molecule has 3 aliphatic carbocycles. The molecule has 3 fully saturated rings. The number of ether oxygens (including phenoxy) is 1. The van der Waals surface area contributed by atoms with E-state index < -0.39 is 11.8 Å². The van der Waals surface area contributed by atoms with Gasteiger partial charge in [-0.2, -0.15) is 0 Å². The zero-order valence-corrected chi connectivity index (χ0v) is 12.4. The fourth-order valence-electron chi connectivity index (χ4n) is 3.10. The molecule has 3 aliphatic rings. The van der Waals surface area contributed by atoms with Gasteiger partial charge in [0.15, 0.2) is 0 Å². The van der Waals surface area contributed by atoms with Gasteiger partial charge >= 0.3 is 6.03 Å². The van der Waals surface area contributed by atoms with Crippen molar-refractivity contribution in [3.63, 3.8) is 0 Å². The summed E-state index contributed by atoms with van der Waals surface area (Å²) < 4.78 is 31.3. The summed E-state index contributed by atoms with van der Waals surface area (Å²) in [6.07, 6.45) is 1.73. The number of halogens is 2. The molecule has 1 heterocycles. The van der Waals surface area contributed by atoms with Crippen LogP contribution in [0.1, 0.15) is 31.7 Å². The minimum atomic E-state index is -1.07. The number of amides is 2. The summed E-state index contributed by atoms with van der Waals surface area (Å²) in [6.45, 7) is 1.65. The molecule has 5 nitrogen and oxygen atoms in total. The summed E-state index contributed by atoms with van der Waals surface area (Å²) in [5.74, 6) is 0.322. The van der Waals surface area contributed by atoms with E-state index in [-0.39, 0.29) is 18.2 Å². The highest BCUT2D eigenvalue weighted by molar-refractivity contribution is 5.75. The maximum Gasteiger partial charge on any atom is 0.315 e. The summed E-state index contributed by atoms with van der Waals surface area (Å²) in [7, 11) is 0. The van der Waals surface area contributed by atoms with Gasteiger partial charge in [0.2, 0.25) is 5.88 Å². The molecule has 22 heavy (non-hydrogen) atoms. The number of carbonyl (C=O) groups is 1. The highest BCUT2D eigenvalue weighted by Crippen LogP contribution is 2.62. The van der Waals surface area contributed by atoms with Crippen molar-refractivity contribution >= 4 is 6.03 Å². The van der Waals surface area contributed by atoms with Gasteiger partial charge in [0, 0.05) is 38.1 Å². The number of carbonyl (C=O) groups excluding carboxylic acids is 1. The molecular weight excluding hydrogens is 292 g/mol. The molecule has 7 heteroatoms. The highest BCUT2D eigenvalue weighted by atomic mass is 19.1. The Bertz CT molecular complexity index is 560. The van der Waals surface area contributed by atoms with Crippen LogP contribution in [0.15, 0.2) is 18.3 Å². The molecule has 1 aromatic heterocycles. The van der Waals surface area contributed by atoms with E-state index in [1.165, 1.54) is 6.92 Å². The molecule has 1 atom stereocenters. The molecule has 2 N–H and O–H groups in total. The van der Waals surface area contributed by atoms with E-state index in [1.54, 1.807) is 18.3 Å². The predicted octanol–water partition coefficient (Wildman–Crippen LogP) is 2.26. The maximum atomic E-state index is 13.4. The van der Waals surface area contributed by atoms with Crippen molar-refractivity contribution in [2.45, 2.75) is 50.1 Å². The summed E-state index contributed by atoms with van der Waals surface area (Å²) >= 11 is 0. The van der Waals surface area contributed by atoms with Crippen LogP contribution in [0.2, 0.25) is 0 Å². The molecule has 0 radical (unpaired) electrons. The van der Waals surface area contributed by atoms with Gasteiger partial charge in [0.05, 0.1) is 5.54 Å². The van der Waals surface area contributed by atoms with E-state index >= 15 is 0 Å². The second kappa shape index (κ2) is 5.37. The summed E-state index contributed by atoms with van der Waals surface area (Å²) in [5.41, 5.74) is -0.563. The third-order valence-corrected chi connectivity index (χ3v) is 4.06. The number of hydrogen-bond donors (Lipinski definition) is 2. The Morgan fingerprint density at radius 3 is 2.86 bits per heavy atom. The van der Waals surface area contributed by atoms with Crippen LogP contribution >= 0.6 is 0 Å². The number of urea groups is 1. The SMILES string of the molecule is CC(F)COc1cc(CNC(=O)NC23CC(F)(C2)C3)ccn1.